The quantitative estimate of drug-likeness (QED) is 0.796. The van der Waals surface area contributed by atoms with Crippen molar-refractivity contribution >= 4 is 32.8 Å². The highest BCUT2D eigenvalue weighted by Gasteiger charge is 2.11. The van der Waals surface area contributed by atoms with E-state index in [9.17, 15) is 0 Å². The largest absolute Gasteiger partial charge is 0.354 e. The molecule has 3 rings (SSSR count). The van der Waals surface area contributed by atoms with Gasteiger partial charge in [0, 0.05) is 18.1 Å². The maximum atomic E-state index is 4.53. The Labute approximate surface area is 125 Å². The zero-order chi connectivity index (χ0) is 13.9. The number of rotatable bonds is 4. The average molecular weight is 332 g/mol. The molecule has 0 aliphatic rings. The van der Waals surface area contributed by atoms with Crippen LogP contribution in [0.15, 0.2) is 41.1 Å². The van der Waals surface area contributed by atoms with Gasteiger partial charge in [-0.15, -0.1) is 0 Å². The summed E-state index contributed by atoms with van der Waals surface area (Å²) in [5, 5.41) is 8.69. The Hall–Kier alpha value is -1.95. The van der Waals surface area contributed by atoms with E-state index in [2.05, 4.69) is 43.2 Å². The number of anilines is 1. The van der Waals surface area contributed by atoms with Crippen molar-refractivity contribution in [2.75, 3.05) is 11.9 Å². The van der Waals surface area contributed by atoms with Gasteiger partial charge in [0.15, 0.2) is 5.82 Å². The smallest absolute Gasteiger partial charge is 0.224 e. The van der Waals surface area contributed by atoms with E-state index < -0.39 is 0 Å². The molecule has 0 amide bonds. The summed E-state index contributed by atoms with van der Waals surface area (Å²) in [5.74, 6) is 1.35. The maximum Gasteiger partial charge on any atom is 0.224 e. The molecule has 20 heavy (non-hydrogen) atoms. The van der Waals surface area contributed by atoms with Gasteiger partial charge in [0.2, 0.25) is 5.95 Å². The molecular formula is C14H14BrN5. The molecule has 6 heteroatoms. The van der Waals surface area contributed by atoms with Gasteiger partial charge >= 0.3 is 0 Å². The molecule has 0 aliphatic carbocycles. The van der Waals surface area contributed by atoms with Crippen LogP contribution in [0.2, 0.25) is 0 Å². The van der Waals surface area contributed by atoms with Crippen LogP contribution in [0.3, 0.4) is 0 Å². The fraction of sp³-hybridized carbons (Fsp3) is 0.214. The first-order chi connectivity index (χ1) is 9.79. The van der Waals surface area contributed by atoms with E-state index in [1.54, 1.807) is 6.20 Å². The first-order valence-electron chi connectivity index (χ1n) is 6.49. The number of nitrogens with zero attached hydrogens (tertiary/aromatic N) is 4. The van der Waals surface area contributed by atoms with Gasteiger partial charge < -0.3 is 5.32 Å². The zero-order valence-corrected chi connectivity index (χ0v) is 12.6. The van der Waals surface area contributed by atoms with Crippen LogP contribution in [-0.4, -0.2) is 26.3 Å². The summed E-state index contributed by atoms with van der Waals surface area (Å²) in [4.78, 5) is 8.79. The molecule has 0 bridgehead atoms. The van der Waals surface area contributed by atoms with Crippen molar-refractivity contribution in [3.8, 4) is 5.82 Å². The Balaban J connectivity index is 2.08. The standard InChI is InChI=1S/C14H14BrN5/c1-2-7-16-14-17-9-11(15)13(19-14)20-12-6-4-3-5-10(12)8-18-20/h3-6,8-9H,2,7H2,1H3,(H,16,17,19). The van der Waals surface area contributed by atoms with Crippen molar-refractivity contribution in [2.45, 2.75) is 13.3 Å². The predicted molar refractivity (Wildman–Crippen MR) is 83.1 cm³/mol. The summed E-state index contributed by atoms with van der Waals surface area (Å²) >= 11 is 3.49. The van der Waals surface area contributed by atoms with E-state index in [1.807, 2.05) is 35.1 Å². The molecule has 5 nitrogen and oxygen atoms in total. The predicted octanol–water partition coefficient (Wildman–Crippen LogP) is 3.40. The maximum absolute atomic E-state index is 4.53. The second-order valence-corrected chi connectivity index (χ2v) is 5.26. The number of para-hydroxylation sites is 1. The second-order valence-electron chi connectivity index (χ2n) is 4.41. The first-order valence-corrected chi connectivity index (χ1v) is 7.28. The third-order valence-electron chi connectivity index (χ3n) is 2.94. The van der Waals surface area contributed by atoms with Crippen LogP contribution in [-0.2, 0) is 0 Å². The van der Waals surface area contributed by atoms with Crippen molar-refractivity contribution in [1.82, 2.24) is 19.7 Å². The SMILES string of the molecule is CCCNc1ncc(Br)c(-n2ncc3ccccc32)n1. The lowest BCUT2D eigenvalue weighted by molar-refractivity contribution is 0.854. The van der Waals surface area contributed by atoms with Crippen molar-refractivity contribution in [3.63, 3.8) is 0 Å². The third kappa shape index (κ3) is 2.38. The van der Waals surface area contributed by atoms with Crippen molar-refractivity contribution in [3.05, 3.63) is 41.1 Å². The summed E-state index contributed by atoms with van der Waals surface area (Å²) in [6, 6.07) is 8.05. The monoisotopic (exact) mass is 331 g/mol. The molecule has 1 aromatic carbocycles. The fourth-order valence-corrected chi connectivity index (χ4v) is 2.33. The summed E-state index contributed by atoms with van der Waals surface area (Å²) < 4.78 is 2.63. The lowest BCUT2D eigenvalue weighted by atomic mass is 10.2. The zero-order valence-electron chi connectivity index (χ0n) is 11.0. The third-order valence-corrected chi connectivity index (χ3v) is 3.50. The van der Waals surface area contributed by atoms with Gasteiger partial charge in [0.05, 0.1) is 16.2 Å². The highest BCUT2D eigenvalue weighted by atomic mass is 79.9. The summed E-state index contributed by atoms with van der Waals surface area (Å²) in [5.41, 5.74) is 1.02. The van der Waals surface area contributed by atoms with Crippen LogP contribution >= 0.6 is 15.9 Å². The van der Waals surface area contributed by atoms with Gasteiger partial charge in [-0.05, 0) is 28.4 Å². The van der Waals surface area contributed by atoms with Gasteiger partial charge in [-0.3, -0.25) is 0 Å². The molecule has 2 aromatic heterocycles. The number of benzene rings is 1. The molecule has 0 aliphatic heterocycles. The summed E-state index contributed by atoms with van der Waals surface area (Å²) in [6.45, 7) is 2.95. The molecule has 1 N–H and O–H groups in total. The molecule has 0 fully saturated rings. The Morgan fingerprint density at radius 3 is 2.95 bits per heavy atom. The van der Waals surface area contributed by atoms with E-state index >= 15 is 0 Å². The van der Waals surface area contributed by atoms with Gasteiger partial charge in [-0.2, -0.15) is 10.1 Å². The summed E-state index contributed by atoms with van der Waals surface area (Å²) in [7, 11) is 0. The van der Waals surface area contributed by atoms with E-state index in [0.29, 0.717) is 5.95 Å². The molecule has 102 valence electrons. The highest BCUT2D eigenvalue weighted by Crippen LogP contribution is 2.23. The molecule has 0 saturated heterocycles. The molecule has 0 unspecified atom stereocenters. The normalized spacial score (nSPS) is 10.9. The van der Waals surface area contributed by atoms with Gasteiger partial charge in [0.1, 0.15) is 0 Å². The number of halogens is 1. The minimum atomic E-state index is 0.615. The molecule has 3 aromatic rings. The lowest BCUT2D eigenvalue weighted by Gasteiger charge is -2.08. The minimum absolute atomic E-state index is 0.615. The first kappa shape index (κ1) is 13.1. The molecule has 0 radical (unpaired) electrons. The lowest BCUT2D eigenvalue weighted by Crippen LogP contribution is -2.08. The van der Waals surface area contributed by atoms with E-state index in [0.717, 1.165) is 34.2 Å². The van der Waals surface area contributed by atoms with Crippen LogP contribution in [0.25, 0.3) is 16.7 Å². The second kappa shape index (κ2) is 5.58. The molecule has 0 saturated carbocycles. The van der Waals surface area contributed by atoms with Crippen LogP contribution in [0.1, 0.15) is 13.3 Å². The van der Waals surface area contributed by atoms with Crippen LogP contribution in [0, 0.1) is 0 Å². The number of fused-ring (bicyclic) bond motifs is 1. The van der Waals surface area contributed by atoms with Crippen molar-refractivity contribution in [1.29, 1.82) is 0 Å². The van der Waals surface area contributed by atoms with Crippen molar-refractivity contribution in [2.24, 2.45) is 0 Å². The minimum Gasteiger partial charge on any atom is -0.354 e. The molecule has 0 spiro atoms. The van der Waals surface area contributed by atoms with Gasteiger partial charge in [-0.25, -0.2) is 9.67 Å². The van der Waals surface area contributed by atoms with E-state index in [4.69, 9.17) is 0 Å². The fourth-order valence-electron chi connectivity index (χ4n) is 1.97. The van der Waals surface area contributed by atoms with E-state index in [-0.39, 0.29) is 0 Å². The van der Waals surface area contributed by atoms with Gasteiger partial charge in [0.25, 0.3) is 0 Å². The number of aromatic nitrogens is 4. The molecule has 2 heterocycles. The van der Waals surface area contributed by atoms with Crippen LogP contribution in [0.4, 0.5) is 5.95 Å². The molecular weight excluding hydrogens is 318 g/mol. The topological polar surface area (TPSA) is 55.6 Å². The number of nitrogens with one attached hydrogen (secondary N) is 1. The highest BCUT2D eigenvalue weighted by molar-refractivity contribution is 9.10. The van der Waals surface area contributed by atoms with Crippen LogP contribution < -0.4 is 5.32 Å². The molecule has 0 atom stereocenters. The van der Waals surface area contributed by atoms with Crippen LogP contribution in [0.5, 0.6) is 0 Å². The van der Waals surface area contributed by atoms with Crippen molar-refractivity contribution < 1.29 is 0 Å². The Kier molecular flexibility index (Phi) is 3.64. The average Bonchev–Trinajstić information content (AvgIpc) is 2.90. The Bertz CT molecular complexity index is 737. The number of hydrogen-bond donors (Lipinski definition) is 1. The Morgan fingerprint density at radius 1 is 1.25 bits per heavy atom. The Morgan fingerprint density at radius 2 is 2.10 bits per heavy atom. The number of hydrogen-bond acceptors (Lipinski definition) is 4. The summed E-state index contributed by atoms with van der Waals surface area (Å²) in [6.07, 6.45) is 4.61. The van der Waals surface area contributed by atoms with E-state index in [1.165, 1.54) is 0 Å². The van der Waals surface area contributed by atoms with Gasteiger partial charge in [-0.1, -0.05) is 25.1 Å².